The molecule has 0 unspecified atom stereocenters. The van der Waals surface area contributed by atoms with Crippen LogP contribution in [0.1, 0.15) is 50.6 Å². The topological polar surface area (TPSA) is 12.9 Å². The van der Waals surface area contributed by atoms with Gasteiger partial charge in [-0.3, -0.25) is 4.98 Å². The average Bonchev–Trinajstić information content (AvgIpc) is 3.25. The molecule has 2 aromatic carbocycles. The molecule has 0 aliphatic rings. The SMILES string of the molecule is CC(C)(C)c1ccc(-c2cccc(CC(C)(C)c3cccc(-c4ccccn4)c3)c2)s1. The third-order valence-corrected chi connectivity index (χ3v) is 7.37. The van der Waals surface area contributed by atoms with Crippen molar-refractivity contribution in [2.24, 2.45) is 0 Å². The normalized spacial score (nSPS) is 12.2. The second-order valence-corrected chi connectivity index (χ2v) is 11.1. The van der Waals surface area contributed by atoms with Crippen molar-refractivity contribution in [2.75, 3.05) is 0 Å². The van der Waals surface area contributed by atoms with Gasteiger partial charge in [-0.2, -0.15) is 0 Å². The maximum atomic E-state index is 4.52. The van der Waals surface area contributed by atoms with Gasteiger partial charge in [-0.25, -0.2) is 0 Å². The second kappa shape index (κ2) is 8.43. The van der Waals surface area contributed by atoms with Crippen LogP contribution in [0.3, 0.4) is 0 Å². The molecule has 0 saturated heterocycles. The van der Waals surface area contributed by atoms with Crippen molar-refractivity contribution in [3.8, 4) is 21.7 Å². The van der Waals surface area contributed by atoms with Gasteiger partial charge in [0.15, 0.2) is 0 Å². The van der Waals surface area contributed by atoms with E-state index in [2.05, 4.69) is 106 Å². The summed E-state index contributed by atoms with van der Waals surface area (Å²) >= 11 is 1.91. The van der Waals surface area contributed by atoms with Gasteiger partial charge in [0, 0.05) is 21.5 Å². The van der Waals surface area contributed by atoms with Gasteiger partial charge < -0.3 is 0 Å². The summed E-state index contributed by atoms with van der Waals surface area (Å²) in [6.07, 6.45) is 2.85. The Balaban J connectivity index is 1.59. The molecule has 4 aromatic rings. The first kappa shape index (κ1) is 21.5. The largest absolute Gasteiger partial charge is 0.256 e. The summed E-state index contributed by atoms with van der Waals surface area (Å²) in [7, 11) is 0. The van der Waals surface area contributed by atoms with Crippen molar-refractivity contribution in [2.45, 2.75) is 51.9 Å². The van der Waals surface area contributed by atoms with E-state index in [1.54, 1.807) is 0 Å². The fraction of sp³-hybridized carbons (Fsp3) is 0.276. The molecule has 158 valence electrons. The van der Waals surface area contributed by atoms with Crippen molar-refractivity contribution in [1.29, 1.82) is 0 Å². The quantitative estimate of drug-likeness (QED) is 0.313. The number of aromatic nitrogens is 1. The van der Waals surface area contributed by atoms with E-state index in [4.69, 9.17) is 0 Å². The first-order valence-electron chi connectivity index (χ1n) is 10.9. The van der Waals surface area contributed by atoms with Crippen LogP contribution in [-0.4, -0.2) is 4.98 Å². The molecule has 2 heterocycles. The van der Waals surface area contributed by atoms with E-state index in [-0.39, 0.29) is 10.8 Å². The summed E-state index contributed by atoms with van der Waals surface area (Å²) in [5.74, 6) is 0. The van der Waals surface area contributed by atoms with Crippen LogP contribution in [0, 0.1) is 0 Å². The van der Waals surface area contributed by atoms with E-state index in [1.807, 2.05) is 29.7 Å². The highest BCUT2D eigenvalue weighted by atomic mass is 32.1. The third-order valence-electron chi connectivity index (χ3n) is 5.81. The predicted octanol–water partition coefficient (Wildman–Crippen LogP) is 8.29. The number of thiophene rings is 1. The van der Waals surface area contributed by atoms with Gasteiger partial charge in [0.1, 0.15) is 0 Å². The van der Waals surface area contributed by atoms with Crippen LogP contribution in [0.5, 0.6) is 0 Å². The monoisotopic (exact) mass is 425 g/mol. The number of nitrogens with zero attached hydrogens (tertiary/aromatic N) is 1. The Morgan fingerprint density at radius 2 is 1.52 bits per heavy atom. The lowest BCUT2D eigenvalue weighted by molar-refractivity contribution is 0.522. The lowest BCUT2D eigenvalue weighted by Gasteiger charge is -2.26. The van der Waals surface area contributed by atoms with Crippen molar-refractivity contribution in [3.05, 3.63) is 101 Å². The summed E-state index contributed by atoms with van der Waals surface area (Å²) in [5, 5.41) is 0. The van der Waals surface area contributed by atoms with E-state index in [9.17, 15) is 0 Å². The van der Waals surface area contributed by atoms with Gasteiger partial charge in [-0.1, -0.05) is 83.1 Å². The molecular formula is C29H31NS. The fourth-order valence-electron chi connectivity index (χ4n) is 3.98. The van der Waals surface area contributed by atoms with E-state index >= 15 is 0 Å². The van der Waals surface area contributed by atoms with E-state index < -0.39 is 0 Å². The Morgan fingerprint density at radius 1 is 0.742 bits per heavy atom. The minimum Gasteiger partial charge on any atom is -0.256 e. The standard InChI is InChI=1S/C29H31NS/c1-28(2,3)27-16-15-26(31-27)23-12-8-10-21(18-23)20-29(4,5)24-13-9-11-22(19-24)25-14-6-7-17-30-25/h6-19H,20H2,1-5H3. The number of pyridine rings is 1. The van der Waals surface area contributed by atoms with Crippen molar-refractivity contribution in [1.82, 2.24) is 4.98 Å². The lowest BCUT2D eigenvalue weighted by atomic mass is 9.78. The molecule has 31 heavy (non-hydrogen) atoms. The highest BCUT2D eigenvalue weighted by Crippen LogP contribution is 2.36. The minimum absolute atomic E-state index is 0.0232. The molecule has 4 rings (SSSR count). The van der Waals surface area contributed by atoms with E-state index in [0.29, 0.717) is 0 Å². The zero-order chi connectivity index (χ0) is 22.1. The molecule has 2 aromatic heterocycles. The summed E-state index contributed by atoms with van der Waals surface area (Å²) in [6, 6.07) is 28.5. The zero-order valence-electron chi connectivity index (χ0n) is 19.1. The van der Waals surface area contributed by atoms with E-state index in [1.165, 1.54) is 32.0 Å². The Bertz CT molecular complexity index is 1160. The number of hydrogen-bond donors (Lipinski definition) is 0. The molecular weight excluding hydrogens is 394 g/mol. The Kier molecular flexibility index (Phi) is 5.85. The summed E-state index contributed by atoms with van der Waals surface area (Å²) in [4.78, 5) is 7.30. The van der Waals surface area contributed by atoms with Gasteiger partial charge in [0.2, 0.25) is 0 Å². The van der Waals surface area contributed by atoms with Crippen LogP contribution in [-0.2, 0) is 17.3 Å². The number of hydrogen-bond acceptors (Lipinski definition) is 2. The summed E-state index contributed by atoms with van der Waals surface area (Å²) in [5.41, 5.74) is 6.44. The van der Waals surface area contributed by atoms with Gasteiger partial charge in [-0.05, 0) is 64.3 Å². The second-order valence-electron chi connectivity index (χ2n) is 9.97. The van der Waals surface area contributed by atoms with Crippen LogP contribution < -0.4 is 0 Å². The Morgan fingerprint density at radius 3 is 2.23 bits per heavy atom. The summed E-state index contributed by atoms with van der Waals surface area (Å²) in [6.45, 7) is 11.5. The molecule has 0 aliphatic carbocycles. The van der Waals surface area contributed by atoms with Crippen molar-refractivity contribution in [3.63, 3.8) is 0 Å². The molecule has 2 heteroatoms. The molecule has 0 spiro atoms. The zero-order valence-corrected chi connectivity index (χ0v) is 20.0. The molecule has 1 nitrogen and oxygen atoms in total. The average molecular weight is 426 g/mol. The predicted molar refractivity (Wildman–Crippen MR) is 135 cm³/mol. The van der Waals surface area contributed by atoms with E-state index in [0.717, 1.165) is 12.1 Å². The molecule has 0 radical (unpaired) electrons. The molecule has 0 saturated carbocycles. The first-order valence-corrected chi connectivity index (χ1v) is 11.8. The van der Waals surface area contributed by atoms with Crippen molar-refractivity contribution >= 4 is 11.3 Å². The third kappa shape index (κ3) is 4.97. The van der Waals surface area contributed by atoms with Crippen LogP contribution >= 0.6 is 11.3 Å². The lowest BCUT2D eigenvalue weighted by Crippen LogP contribution is -2.20. The van der Waals surface area contributed by atoms with Gasteiger partial charge in [0.05, 0.1) is 5.69 Å². The number of benzene rings is 2. The van der Waals surface area contributed by atoms with Crippen LogP contribution in [0.15, 0.2) is 85.1 Å². The van der Waals surface area contributed by atoms with Gasteiger partial charge >= 0.3 is 0 Å². The molecule has 0 bridgehead atoms. The number of rotatable bonds is 5. The van der Waals surface area contributed by atoms with Crippen LogP contribution in [0.2, 0.25) is 0 Å². The molecule has 0 fully saturated rings. The van der Waals surface area contributed by atoms with Crippen molar-refractivity contribution < 1.29 is 0 Å². The smallest absolute Gasteiger partial charge is 0.0702 e. The van der Waals surface area contributed by atoms with Crippen LogP contribution in [0.25, 0.3) is 21.7 Å². The minimum atomic E-state index is 0.0232. The van der Waals surface area contributed by atoms with Crippen LogP contribution in [0.4, 0.5) is 0 Å². The molecule has 0 aliphatic heterocycles. The Hall–Kier alpha value is -2.71. The summed E-state index contributed by atoms with van der Waals surface area (Å²) < 4.78 is 0. The molecule has 0 atom stereocenters. The van der Waals surface area contributed by atoms with Gasteiger partial charge in [-0.15, -0.1) is 11.3 Å². The fourth-order valence-corrected chi connectivity index (χ4v) is 5.04. The van der Waals surface area contributed by atoms with Gasteiger partial charge in [0.25, 0.3) is 0 Å². The molecule has 0 N–H and O–H groups in total. The molecule has 0 amide bonds. The Labute approximate surface area is 190 Å². The maximum Gasteiger partial charge on any atom is 0.0702 e. The first-order chi connectivity index (χ1) is 14.7. The highest BCUT2D eigenvalue weighted by Gasteiger charge is 2.22. The highest BCUT2D eigenvalue weighted by molar-refractivity contribution is 7.15. The maximum absolute atomic E-state index is 4.52.